The van der Waals surface area contributed by atoms with Gasteiger partial charge in [-0.05, 0) is 36.0 Å². The molecule has 1 fully saturated rings. The van der Waals surface area contributed by atoms with Crippen LogP contribution in [0.25, 0.3) is 0 Å². The molecule has 0 bridgehead atoms. The molecule has 26 heavy (non-hydrogen) atoms. The molecule has 1 N–H and O–H groups in total. The Bertz CT molecular complexity index is 803. The van der Waals surface area contributed by atoms with Gasteiger partial charge in [-0.25, -0.2) is 0 Å². The molecule has 4 nitrogen and oxygen atoms in total. The van der Waals surface area contributed by atoms with E-state index in [0.717, 1.165) is 24.8 Å². The molecule has 0 aromatic heterocycles. The number of hydrogen-bond donors (Lipinski definition) is 1. The Balaban J connectivity index is 1.40. The summed E-state index contributed by atoms with van der Waals surface area (Å²) in [4.78, 5) is 26.9. The van der Waals surface area contributed by atoms with Crippen molar-refractivity contribution in [2.24, 2.45) is 5.92 Å². The third kappa shape index (κ3) is 3.50. The van der Waals surface area contributed by atoms with Crippen LogP contribution in [0, 0.1) is 5.92 Å². The standard InChI is InChI=1S/C22H24N2O2/c25-21-13-18(15-24(21)14-16-7-2-1-3-8-16)22(26)23-20-12-6-10-17-9-4-5-11-19(17)20/h1-5,7-9,11,18,20H,6,10,12-15H2,(H,23,26)/t18-,20+/m1/s1. The van der Waals surface area contributed by atoms with Crippen molar-refractivity contribution < 1.29 is 9.59 Å². The van der Waals surface area contributed by atoms with Crippen LogP contribution in [0.2, 0.25) is 0 Å². The van der Waals surface area contributed by atoms with Gasteiger partial charge in [-0.3, -0.25) is 9.59 Å². The van der Waals surface area contributed by atoms with Gasteiger partial charge >= 0.3 is 0 Å². The highest BCUT2D eigenvalue weighted by Crippen LogP contribution is 2.30. The Morgan fingerprint density at radius 2 is 1.85 bits per heavy atom. The zero-order valence-corrected chi connectivity index (χ0v) is 14.9. The normalized spacial score (nSPS) is 22.2. The number of rotatable bonds is 4. The van der Waals surface area contributed by atoms with E-state index >= 15 is 0 Å². The lowest BCUT2D eigenvalue weighted by atomic mass is 9.87. The number of fused-ring (bicyclic) bond motifs is 1. The molecule has 0 saturated carbocycles. The van der Waals surface area contributed by atoms with Crippen molar-refractivity contribution in [1.29, 1.82) is 0 Å². The van der Waals surface area contributed by atoms with Gasteiger partial charge in [-0.2, -0.15) is 0 Å². The van der Waals surface area contributed by atoms with Gasteiger partial charge < -0.3 is 10.2 Å². The molecular formula is C22H24N2O2. The number of carbonyl (C=O) groups excluding carboxylic acids is 2. The van der Waals surface area contributed by atoms with E-state index in [1.807, 2.05) is 36.4 Å². The van der Waals surface area contributed by atoms with Crippen molar-refractivity contribution in [2.45, 2.75) is 38.3 Å². The van der Waals surface area contributed by atoms with E-state index in [1.165, 1.54) is 11.1 Å². The van der Waals surface area contributed by atoms with Crippen LogP contribution in [-0.4, -0.2) is 23.3 Å². The molecule has 1 aliphatic heterocycles. The molecule has 2 aromatic rings. The van der Waals surface area contributed by atoms with Crippen LogP contribution >= 0.6 is 0 Å². The zero-order valence-electron chi connectivity index (χ0n) is 14.9. The molecule has 2 amide bonds. The molecule has 134 valence electrons. The lowest BCUT2D eigenvalue weighted by molar-refractivity contribution is -0.129. The van der Waals surface area contributed by atoms with E-state index in [9.17, 15) is 9.59 Å². The first-order valence-electron chi connectivity index (χ1n) is 9.40. The average Bonchev–Trinajstić information content (AvgIpc) is 3.03. The summed E-state index contributed by atoms with van der Waals surface area (Å²) < 4.78 is 0. The molecule has 0 unspecified atom stereocenters. The fourth-order valence-electron chi connectivity index (χ4n) is 4.10. The van der Waals surface area contributed by atoms with Crippen molar-refractivity contribution in [1.82, 2.24) is 10.2 Å². The fourth-order valence-corrected chi connectivity index (χ4v) is 4.10. The average molecular weight is 348 g/mol. The number of aryl methyl sites for hydroxylation is 1. The van der Waals surface area contributed by atoms with Crippen LogP contribution in [0.15, 0.2) is 54.6 Å². The summed E-state index contributed by atoms with van der Waals surface area (Å²) in [7, 11) is 0. The van der Waals surface area contributed by atoms with Gasteiger partial charge in [0.1, 0.15) is 0 Å². The Morgan fingerprint density at radius 3 is 2.69 bits per heavy atom. The summed E-state index contributed by atoms with van der Waals surface area (Å²) in [5, 5.41) is 3.20. The van der Waals surface area contributed by atoms with Crippen LogP contribution in [0.5, 0.6) is 0 Å². The number of amides is 2. The Labute approximate surface area is 154 Å². The first kappa shape index (κ1) is 16.8. The van der Waals surface area contributed by atoms with Gasteiger partial charge in [-0.15, -0.1) is 0 Å². The van der Waals surface area contributed by atoms with E-state index in [4.69, 9.17) is 0 Å². The molecule has 0 radical (unpaired) electrons. The van der Waals surface area contributed by atoms with E-state index in [0.29, 0.717) is 19.5 Å². The summed E-state index contributed by atoms with van der Waals surface area (Å²) in [5.41, 5.74) is 3.66. The minimum atomic E-state index is -0.250. The summed E-state index contributed by atoms with van der Waals surface area (Å²) in [5.74, 6) is -0.172. The number of hydrogen-bond acceptors (Lipinski definition) is 2. The number of carbonyl (C=O) groups is 2. The predicted octanol–water partition coefficient (Wildman–Crippen LogP) is 3.23. The number of benzene rings is 2. The Morgan fingerprint density at radius 1 is 1.08 bits per heavy atom. The summed E-state index contributed by atoms with van der Waals surface area (Å²) in [6.45, 7) is 1.09. The second-order valence-electron chi connectivity index (χ2n) is 7.31. The van der Waals surface area contributed by atoms with Crippen molar-refractivity contribution >= 4 is 11.8 Å². The maximum atomic E-state index is 12.8. The molecule has 1 aliphatic carbocycles. The third-order valence-corrected chi connectivity index (χ3v) is 5.49. The van der Waals surface area contributed by atoms with Crippen molar-refractivity contribution in [3.8, 4) is 0 Å². The van der Waals surface area contributed by atoms with E-state index in [1.54, 1.807) is 4.90 Å². The quantitative estimate of drug-likeness (QED) is 0.922. The van der Waals surface area contributed by atoms with E-state index in [2.05, 4.69) is 23.5 Å². The lowest BCUT2D eigenvalue weighted by Gasteiger charge is -2.27. The lowest BCUT2D eigenvalue weighted by Crippen LogP contribution is -2.36. The number of likely N-dealkylation sites (tertiary alicyclic amines) is 1. The second kappa shape index (κ2) is 7.32. The van der Waals surface area contributed by atoms with E-state index in [-0.39, 0.29) is 23.8 Å². The van der Waals surface area contributed by atoms with Crippen molar-refractivity contribution in [2.75, 3.05) is 6.54 Å². The van der Waals surface area contributed by atoms with Crippen LogP contribution in [0.4, 0.5) is 0 Å². The summed E-state index contributed by atoms with van der Waals surface area (Å²) in [6, 6.07) is 18.4. The third-order valence-electron chi connectivity index (χ3n) is 5.49. The molecule has 1 saturated heterocycles. The molecule has 1 heterocycles. The van der Waals surface area contributed by atoms with Gasteiger partial charge in [0.05, 0.1) is 12.0 Å². The Kier molecular flexibility index (Phi) is 4.74. The smallest absolute Gasteiger partial charge is 0.225 e. The van der Waals surface area contributed by atoms with Gasteiger partial charge in [0.15, 0.2) is 0 Å². The van der Waals surface area contributed by atoms with Crippen molar-refractivity contribution in [3.05, 3.63) is 71.3 Å². The number of nitrogens with zero attached hydrogens (tertiary/aromatic N) is 1. The molecule has 4 rings (SSSR count). The SMILES string of the molecule is O=C(N[C@H]1CCCc2ccccc21)[C@@H]1CC(=O)N(Cc2ccccc2)C1. The minimum absolute atomic E-state index is 0.00983. The fraction of sp³-hybridized carbons (Fsp3) is 0.364. The topological polar surface area (TPSA) is 49.4 Å². The monoisotopic (exact) mass is 348 g/mol. The first-order valence-corrected chi connectivity index (χ1v) is 9.40. The van der Waals surface area contributed by atoms with Gasteiger partial charge in [0, 0.05) is 19.5 Å². The van der Waals surface area contributed by atoms with E-state index < -0.39 is 0 Å². The summed E-state index contributed by atoms with van der Waals surface area (Å²) >= 11 is 0. The van der Waals surface area contributed by atoms with Gasteiger partial charge in [0.2, 0.25) is 11.8 Å². The molecule has 2 aromatic carbocycles. The molecule has 0 spiro atoms. The Hall–Kier alpha value is -2.62. The van der Waals surface area contributed by atoms with Crippen LogP contribution in [-0.2, 0) is 22.6 Å². The van der Waals surface area contributed by atoms with Crippen LogP contribution in [0.3, 0.4) is 0 Å². The van der Waals surface area contributed by atoms with Gasteiger partial charge in [-0.1, -0.05) is 54.6 Å². The largest absolute Gasteiger partial charge is 0.349 e. The highest BCUT2D eigenvalue weighted by molar-refractivity contribution is 5.89. The van der Waals surface area contributed by atoms with Crippen LogP contribution in [0.1, 0.15) is 42.0 Å². The molecule has 4 heteroatoms. The van der Waals surface area contributed by atoms with Gasteiger partial charge in [0.25, 0.3) is 0 Å². The molecule has 2 atom stereocenters. The maximum Gasteiger partial charge on any atom is 0.225 e. The first-order chi connectivity index (χ1) is 12.7. The minimum Gasteiger partial charge on any atom is -0.349 e. The maximum absolute atomic E-state index is 12.8. The second-order valence-corrected chi connectivity index (χ2v) is 7.31. The number of nitrogens with one attached hydrogen (secondary N) is 1. The summed E-state index contributed by atoms with van der Waals surface area (Å²) in [6.07, 6.45) is 3.45. The highest BCUT2D eigenvalue weighted by atomic mass is 16.2. The van der Waals surface area contributed by atoms with Crippen molar-refractivity contribution in [3.63, 3.8) is 0 Å². The predicted molar refractivity (Wildman–Crippen MR) is 100 cm³/mol. The highest BCUT2D eigenvalue weighted by Gasteiger charge is 2.35. The van der Waals surface area contributed by atoms with Crippen LogP contribution < -0.4 is 5.32 Å². The zero-order chi connectivity index (χ0) is 17.9. The molecule has 2 aliphatic rings. The molecular weight excluding hydrogens is 324 g/mol.